The van der Waals surface area contributed by atoms with Crippen LogP contribution in [0.25, 0.3) is 0 Å². The predicted molar refractivity (Wildman–Crippen MR) is 51.6 cm³/mol. The molecule has 4 nitrogen and oxygen atoms in total. The van der Waals surface area contributed by atoms with Crippen LogP contribution in [0.1, 0.15) is 13.3 Å². The summed E-state index contributed by atoms with van der Waals surface area (Å²) in [6.45, 7) is 0.707. The lowest BCUT2D eigenvalue weighted by atomic mass is 10.2. The molecular weight excluding hydrogens is 228 g/mol. The second-order valence-electron chi connectivity index (χ2n) is 3.46. The van der Waals surface area contributed by atoms with Gasteiger partial charge in [-0.1, -0.05) is 0 Å². The molecule has 0 saturated carbocycles. The summed E-state index contributed by atoms with van der Waals surface area (Å²) in [4.78, 5) is 12.2. The number of nitriles is 1. The smallest absolute Gasteiger partial charge is 0.268 e. The molecule has 0 radical (unpaired) electrons. The lowest BCUT2D eigenvalue weighted by molar-refractivity contribution is -0.133. The van der Waals surface area contributed by atoms with Crippen molar-refractivity contribution in [3.8, 4) is 6.07 Å². The lowest BCUT2D eigenvalue weighted by Crippen LogP contribution is -2.44. The Bertz CT molecular complexity index is 290. The van der Waals surface area contributed by atoms with Crippen LogP contribution in [0.15, 0.2) is 0 Å². The minimum atomic E-state index is -2.97. The summed E-state index contributed by atoms with van der Waals surface area (Å²) < 4.78 is 25.7. The first-order valence-corrected chi connectivity index (χ1v) is 4.21. The van der Waals surface area contributed by atoms with Gasteiger partial charge in [-0.3, -0.25) is 4.79 Å². The third-order valence-electron chi connectivity index (χ3n) is 2.09. The number of rotatable bonds is 1. The van der Waals surface area contributed by atoms with Gasteiger partial charge in [-0.25, -0.2) is 8.78 Å². The van der Waals surface area contributed by atoms with Gasteiger partial charge in [0.2, 0.25) is 5.91 Å². The summed E-state index contributed by atoms with van der Waals surface area (Å²) in [5, 5.41) is 8.58. The Morgan fingerprint density at radius 2 is 2.27 bits per heavy atom. The minimum absolute atomic E-state index is 0. The summed E-state index contributed by atoms with van der Waals surface area (Å²) >= 11 is 0. The van der Waals surface area contributed by atoms with E-state index in [1.54, 1.807) is 6.07 Å². The molecule has 7 heteroatoms. The highest BCUT2D eigenvalue weighted by Gasteiger charge is 2.47. The molecule has 0 bridgehead atoms. The summed E-state index contributed by atoms with van der Waals surface area (Å²) in [5.74, 6) is -3.57. The average Bonchev–Trinajstić information content (AvgIpc) is 2.39. The van der Waals surface area contributed by atoms with Gasteiger partial charge in [-0.05, 0) is 6.92 Å². The number of hydrogen-bond acceptors (Lipinski definition) is 3. The van der Waals surface area contributed by atoms with Crippen molar-refractivity contribution in [2.75, 3.05) is 6.54 Å². The minimum Gasteiger partial charge on any atom is -0.320 e. The van der Waals surface area contributed by atoms with Crippen molar-refractivity contribution < 1.29 is 13.6 Å². The second kappa shape index (κ2) is 4.73. The van der Waals surface area contributed by atoms with E-state index in [-0.39, 0.29) is 12.4 Å². The van der Waals surface area contributed by atoms with Crippen molar-refractivity contribution in [2.24, 2.45) is 5.73 Å². The molecule has 0 aliphatic carbocycles. The van der Waals surface area contributed by atoms with Crippen LogP contribution in [0.5, 0.6) is 0 Å². The molecule has 1 rings (SSSR count). The molecule has 0 aromatic rings. The van der Waals surface area contributed by atoms with Crippen LogP contribution in [0.4, 0.5) is 8.78 Å². The molecule has 2 N–H and O–H groups in total. The maximum absolute atomic E-state index is 12.9. The molecule has 1 saturated heterocycles. The summed E-state index contributed by atoms with van der Waals surface area (Å²) in [6.07, 6.45) is -0.595. The Labute approximate surface area is 92.4 Å². The van der Waals surface area contributed by atoms with Crippen LogP contribution >= 0.6 is 12.4 Å². The third kappa shape index (κ3) is 3.01. The van der Waals surface area contributed by atoms with Crippen molar-refractivity contribution in [3.63, 3.8) is 0 Å². The zero-order valence-electron chi connectivity index (χ0n) is 8.11. The van der Waals surface area contributed by atoms with E-state index in [9.17, 15) is 13.6 Å². The quantitative estimate of drug-likeness (QED) is 0.725. The normalized spacial score (nSPS) is 25.3. The number of amides is 1. The largest absolute Gasteiger partial charge is 0.320 e. The maximum Gasteiger partial charge on any atom is 0.268 e. The molecule has 86 valence electrons. The highest BCUT2D eigenvalue weighted by Crippen LogP contribution is 2.31. The standard InChI is InChI=1S/C8H11F2N3O.ClH/c1-5(12)7(14)13-4-8(9,10)2-6(13)3-11;/h5-6H,2,4,12H2,1H3;1H/t5-,6+;/m1./s1. The maximum atomic E-state index is 12.9. The molecule has 15 heavy (non-hydrogen) atoms. The Kier molecular flexibility index (Phi) is 4.43. The van der Waals surface area contributed by atoms with Crippen molar-refractivity contribution in [3.05, 3.63) is 0 Å². The predicted octanol–water partition coefficient (Wildman–Crippen LogP) is 0.515. The molecule has 1 fully saturated rings. The molecule has 0 aromatic carbocycles. The molecular formula is C8H12ClF2N3O. The van der Waals surface area contributed by atoms with Gasteiger partial charge in [-0.2, -0.15) is 5.26 Å². The van der Waals surface area contributed by atoms with Crippen LogP contribution in [0.3, 0.4) is 0 Å². The van der Waals surface area contributed by atoms with E-state index in [0.29, 0.717) is 0 Å². The van der Waals surface area contributed by atoms with E-state index >= 15 is 0 Å². The number of alkyl halides is 2. The van der Waals surface area contributed by atoms with Gasteiger partial charge in [0.25, 0.3) is 5.92 Å². The van der Waals surface area contributed by atoms with E-state index < -0.39 is 36.9 Å². The first kappa shape index (κ1) is 14.1. The van der Waals surface area contributed by atoms with Gasteiger partial charge >= 0.3 is 0 Å². The number of hydrogen-bond donors (Lipinski definition) is 1. The molecule has 0 spiro atoms. The average molecular weight is 240 g/mol. The Balaban J connectivity index is 0.00000196. The van der Waals surface area contributed by atoms with Crippen molar-refractivity contribution in [1.82, 2.24) is 4.90 Å². The molecule has 1 aliphatic heterocycles. The fourth-order valence-corrected chi connectivity index (χ4v) is 1.43. The van der Waals surface area contributed by atoms with Crippen LogP contribution in [0.2, 0.25) is 0 Å². The number of nitrogens with zero attached hydrogens (tertiary/aromatic N) is 2. The lowest BCUT2D eigenvalue weighted by Gasteiger charge is -2.20. The summed E-state index contributed by atoms with van der Waals surface area (Å²) in [5.41, 5.74) is 5.28. The zero-order chi connectivity index (χ0) is 10.9. The topological polar surface area (TPSA) is 70.1 Å². The van der Waals surface area contributed by atoms with Crippen molar-refractivity contribution in [1.29, 1.82) is 5.26 Å². The van der Waals surface area contributed by atoms with Gasteiger partial charge in [0.15, 0.2) is 0 Å². The van der Waals surface area contributed by atoms with Crippen LogP contribution < -0.4 is 5.73 Å². The molecule has 0 unspecified atom stereocenters. The molecule has 1 heterocycles. The molecule has 1 amide bonds. The third-order valence-corrected chi connectivity index (χ3v) is 2.09. The van der Waals surface area contributed by atoms with E-state index in [4.69, 9.17) is 11.0 Å². The van der Waals surface area contributed by atoms with Gasteiger partial charge < -0.3 is 10.6 Å². The van der Waals surface area contributed by atoms with E-state index in [2.05, 4.69) is 0 Å². The van der Waals surface area contributed by atoms with Crippen molar-refractivity contribution in [2.45, 2.75) is 31.4 Å². The molecule has 2 atom stereocenters. The number of carbonyl (C=O) groups is 1. The number of carbonyl (C=O) groups excluding carboxylic acids is 1. The van der Waals surface area contributed by atoms with Crippen LogP contribution in [-0.4, -0.2) is 35.4 Å². The monoisotopic (exact) mass is 239 g/mol. The highest BCUT2D eigenvalue weighted by atomic mass is 35.5. The summed E-state index contributed by atoms with van der Waals surface area (Å²) in [6, 6.07) is -0.225. The van der Waals surface area contributed by atoms with Crippen LogP contribution in [-0.2, 0) is 4.79 Å². The van der Waals surface area contributed by atoms with E-state index in [0.717, 1.165) is 4.90 Å². The second-order valence-corrected chi connectivity index (χ2v) is 3.46. The first-order chi connectivity index (χ1) is 6.37. The summed E-state index contributed by atoms with van der Waals surface area (Å²) in [7, 11) is 0. The number of likely N-dealkylation sites (tertiary alicyclic amines) is 1. The number of halogens is 3. The highest BCUT2D eigenvalue weighted by molar-refractivity contribution is 5.85. The molecule has 1 aliphatic rings. The van der Waals surface area contributed by atoms with Gasteiger partial charge in [0.1, 0.15) is 6.04 Å². The van der Waals surface area contributed by atoms with E-state index in [1.165, 1.54) is 6.92 Å². The molecule has 0 aromatic heterocycles. The number of nitrogens with two attached hydrogens (primary N) is 1. The first-order valence-electron chi connectivity index (χ1n) is 4.21. The fraction of sp³-hybridized carbons (Fsp3) is 0.750. The Morgan fingerprint density at radius 1 is 1.73 bits per heavy atom. The zero-order valence-corrected chi connectivity index (χ0v) is 8.93. The SMILES string of the molecule is C[C@@H](N)C(=O)N1CC(F)(F)C[C@H]1C#N.Cl. The Hall–Kier alpha value is -0.930. The van der Waals surface area contributed by atoms with Gasteiger partial charge in [-0.15, -0.1) is 12.4 Å². The van der Waals surface area contributed by atoms with Gasteiger partial charge in [0.05, 0.1) is 18.7 Å². The van der Waals surface area contributed by atoms with Gasteiger partial charge in [0, 0.05) is 6.42 Å². The van der Waals surface area contributed by atoms with Crippen molar-refractivity contribution >= 4 is 18.3 Å². The fourth-order valence-electron chi connectivity index (χ4n) is 1.43. The Morgan fingerprint density at radius 3 is 2.67 bits per heavy atom. The van der Waals surface area contributed by atoms with Crippen LogP contribution in [0, 0.1) is 11.3 Å². The van der Waals surface area contributed by atoms with E-state index in [1.807, 2.05) is 0 Å².